The number of aliphatic hydroxyl groups is 1. The minimum atomic E-state index is -0.0139. The maximum absolute atomic E-state index is 9.44. The molecule has 0 spiro atoms. The molecule has 4 heteroatoms. The fourth-order valence-electron chi connectivity index (χ4n) is 3.03. The fourth-order valence-corrected chi connectivity index (χ4v) is 3.03. The third-order valence-corrected chi connectivity index (χ3v) is 4.05. The average Bonchev–Trinajstić information content (AvgIpc) is 2.46. The standard InChI is InChI=1S/C16H21N3O/c1-12-10-18(2)7-8-19(12)16-9-13(11-20)17-15-6-4-3-5-14(15)16/h3-6,9,12,20H,7-8,10-11H2,1-2H3. The summed E-state index contributed by atoms with van der Waals surface area (Å²) >= 11 is 0. The van der Waals surface area contributed by atoms with Crippen molar-refractivity contribution in [3.05, 3.63) is 36.0 Å². The lowest BCUT2D eigenvalue weighted by molar-refractivity contribution is 0.273. The third kappa shape index (κ3) is 2.37. The van der Waals surface area contributed by atoms with E-state index >= 15 is 0 Å². The van der Waals surface area contributed by atoms with Crippen LogP contribution in [-0.4, -0.2) is 47.7 Å². The van der Waals surface area contributed by atoms with E-state index in [-0.39, 0.29) is 6.61 Å². The van der Waals surface area contributed by atoms with Crippen molar-refractivity contribution >= 4 is 16.6 Å². The van der Waals surface area contributed by atoms with Gasteiger partial charge in [-0.05, 0) is 26.1 Å². The Morgan fingerprint density at radius 3 is 2.85 bits per heavy atom. The molecule has 0 bridgehead atoms. The largest absolute Gasteiger partial charge is 0.390 e. The van der Waals surface area contributed by atoms with Crippen molar-refractivity contribution in [2.75, 3.05) is 31.6 Å². The Morgan fingerprint density at radius 1 is 1.30 bits per heavy atom. The Hall–Kier alpha value is -1.65. The highest BCUT2D eigenvalue weighted by Gasteiger charge is 2.23. The van der Waals surface area contributed by atoms with E-state index in [1.807, 2.05) is 24.3 Å². The van der Waals surface area contributed by atoms with Gasteiger partial charge in [0.15, 0.2) is 0 Å². The van der Waals surface area contributed by atoms with E-state index in [2.05, 4.69) is 34.8 Å². The second-order valence-corrected chi connectivity index (χ2v) is 5.61. The van der Waals surface area contributed by atoms with Crippen molar-refractivity contribution in [1.82, 2.24) is 9.88 Å². The molecule has 1 N–H and O–H groups in total. The monoisotopic (exact) mass is 271 g/mol. The van der Waals surface area contributed by atoms with Crippen LogP contribution in [0.2, 0.25) is 0 Å². The van der Waals surface area contributed by atoms with Crippen LogP contribution in [0.25, 0.3) is 10.9 Å². The molecule has 0 radical (unpaired) electrons. The number of para-hydroxylation sites is 1. The number of aliphatic hydroxyl groups excluding tert-OH is 1. The molecule has 1 aromatic heterocycles. The molecule has 1 aromatic carbocycles. The van der Waals surface area contributed by atoms with E-state index in [9.17, 15) is 5.11 Å². The van der Waals surface area contributed by atoms with E-state index in [4.69, 9.17) is 0 Å². The second kappa shape index (κ2) is 5.38. The van der Waals surface area contributed by atoms with Crippen LogP contribution in [0.3, 0.4) is 0 Å². The second-order valence-electron chi connectivity index (χ2n) is 5.61. The first-order valence-corrected chi connectivity index (χ1v) is 7.13. The predicted molar refractivity (Wildman–Crippen MR) is 82.0 cm³/mol. The van der Waals surface area contributed by atoms with Crippen molar-refractivity contribution < 1.29 is 5.11 Å². The molecule has 1 aliphatic heterocycles. The summed E-state index contributed by atoms with van der Waals surface area (Å²) in [6.07, 6.45) is 0. The van der Waals surface area contributed by atoms with Crippen LogP contribution in [0, 0.1) is 0 Å². The molecular weight excluding hydrogens is 250 g/mol. The summed E-state index contributed by atoms with van der Waals surface area (Å²) in [5.74, 6) is 0. The van der Waals surface area contributed by atoms with Crippen molar-refractivity contribution in [1.29, 1.82) is 0 Å². The number of nitrogens with zero attached hydrogens (tertiary/aromatic N) is 3. The highest BCUT2D eigenvalue weighted by Crippen LogP contribution is 2.29. The smallest absolute Gasteiger partial charge is 0.0854 e. The maximum Gasteiger partial charge on any atom is 0.0854 e. The molecule has 0 saturated carbocycles. The normalized spacial score (nSPS) is 20.6. The molecule has 1 unspecified atom stereocenters. The van der Waals surface area contributed by atoms with Crippen molar-refractivity contribution in [3.63, 3.8) is 0 Å². The van der Waals surface area contributed by atoms with Gasteiger partial charge in [0, 0.05) is 36.7 Å². The molecule has 1 atom stereocenters. The lowest BCUT2D eigenvalue weighted by Crippen LogP contribution is -2.50. The molecular formula is C16H21N3O. The first-order valence-electron chi connectivity index (χ1n) is 7.13. The van der Waals surface area contributed by atoms with E-state index in [1.54, 1.807) is 0 Å². The van der Waals surface area contributed by atoms with Gasteiger partial charge in [-0.2, -0.15) is 0 Å². The molecule has 1 aliphatic rings. The number of benzene rings is 1. The highest BCUT2D eigenvalue weighted by atomic mass is 16.3. The van der Waals surface area contributed by atoms with E-state index in [1.165, 1.54) is 11.1 Å². The Balaban J connectivity index is 2.09. The molecule has 3 rings (SSSR count). The SMILES string of the molecule is CC1CN(C)CCN1c1cc(CO)nc2ccccc12. The van der Waals surface area contributed by atoms with Crippen molar-refractivity contribution in [2.24, 2.45) is 0 Å². The molecule has 106 valence electrons. The van der Waals surface area contributed by atoms with Crippen LogP contribution in [0.15, 0.2) is 30.3 Å². The van der Waals surface area contributed by atoms with Crippen LogP contribution < -0.4 is 4.90 Å². The van der Waals surface area contributed by atoms with Gasteiger partial charge in [-0.1, -0.05) is 18.2 Å². The van der Waals surface area contributed by atoms with Crippen molar-refractivity contribution in [3.8, 4) is 0 Å². The van der Waals surface area contributed by atoms with Gasteiger partial charge in [-0.3, -0.25) is 4.98 Å². The summed E-state index contributed by atoms with van der Waals surface area (Å²) in [5.41, 5.74) is 2.89. The summed E-state index contributed by atoms with van der Waals surface area (Å²) < 4.78 is 0. The molecule has 0 amide bonds. The number of pyridine rings is 1. The number of fused-ring (bicyclic) bond motifs is 1. The van der Waals surface area contributed by atoms with Gasteiger partial charge in [0.2, 0.25) is 0 Å². The average molecular weight is 271 g/mol. The Morgan fingerprint density at radius 2 is 2.10 bits per heavy atom. The summed E-state index contributed by atoms with van der Waals surface area (Å²) in [5, 5.41) is 10.6. The number of piperazine rings is 1. The summed E-state index contributed by atoms with van der Waals surface area (Å²) in [4.78, 5) is 9.29. The third-order valence-electron chi connectivity index (χ3n) is 4.05. The van der Waals surface area contributed by atoms with E-state index < -0.39 is 0 Å². The molecule has 20 heavy (non-hydrogen) atoms. The zero-order chi connectivity index (χ0) is 14.1. The summed E-state index contributed by atoms with van der Waals surface area (Å²) in [6.45, 7) is 5.38. The van der Waals surface area contributed by atoms with Gasteiger partial charge >= 0.3 is 0 Å². The number of hydrogen-bond acceptors (Lipinski definition) is 4. The number of hydrogen-bond donors (Lipinski definition) is 1. The van der Waals surface area contributed by atoms with Gasteiger partial charge in [0.25, 0.3) is 0 Å². The highest BCUT2D eigenvalue weighted by molar-refractivity contribution is 5.92. The number of aromatic nitrogens is 1. The number of rotatable bonds is 2. The van der Waals surface area contributed by atoms with Gasteiger partial charge in [0.1, 0.15) is 0 Å². The van der Waals surface area contributed by atoms with Gasteiger partial charge in [-0.15, -0.1) is 0 Å². The number of likely N-dealkylation sites (N-methyl/N-ethyl adjacent to an activating group) is 1. The maximum atomic E-state index is 9.44. The Bertz CT molecular complexity index is 614. The van der Waals surface area contributed by atoms with Crippen LogP contribution in [-0.2, 0) is 6.61 Å². The number of anilines is 1. The quantitative estimate of drug-likeness (QED) is 0.905. The fraction of sp³-hybridized carbons (Fsp3) is 0.438. The summed E-state index contributed by atoms with van der Waals surface area (Å²) in [7, 11) is 2.16. The molecule has 1 fully saturated rings. The summed E-state index contributed by atoms with van der Waals surface area (Å²) in [6, 6.07) is 10.7. The first-order chi connectivity index (χ1) is 9.69. The molecule has 4 nitrogen and oxygen atoms in total. The van der Waals surface area contributed by atoms with Gasteiger partial charge in [-0.25, -0.2) is 0 Å². The van der Waals surface area contributed by atoms with Crippen molar-refractivity contribution in [2.45, 2.75) is 19.6 Å². The van der Waals surface area contributed by atoms with E-state index in [0.29, 0.717) is 6.04 Å². The topological polar surface area (TPSA) is 39.6 Å². The van der Waals surface area contributed by atoms with Crippen LogP contribution in [0.1, 0.15) is 12.6 Å². The predicted octanol–water partition coefficient (Wildman–Crippen LogP) is 1.87. The van der Waals surface area contributed by atoms with Gasteiger partial charge in [0.05, 0.1) is 17.8 Å². The molecule has 2 heterocycles. The van der Waals surface area contributed by atoms with E-state index in [0.717, 1.165) is 30.8 Å². The van der Waals surface area contributed by atoms with Crippen LogP contribution in [0.4, 0.5) is 5.69 Å². The lowest BCUT2D eigenvalue weighted by atomic mass is 10.1. The Kier molecular flexibility index (Phi) is 3.59. The molecule has 1 saturated heterocycles. The Labute approximate surface area is 119 Å². The molecule has 0 aliphatic carbocycles. The van der Waals surface area contributed by atoms with Crippen LogP contribution in [0.5, 0.6) is 0 Å². The zero-order valence-electron chi connectivity index (χ0n) is 12.1. The van der Waals surface area contributed by atoms with Crippen LogP contribution >= 0.6 is 0 Å². The minimum Gasteiger partial charge on any atom is -0.390 e. The molecule has 2 aromatic rings. The first kappa shape index (κ1) is 13.3. The minimum absolute atomic E-state index is 0.0139. The van der Waals surface area contributed by atoms with Gasteiger partial charge < -0.3 is 14.9 Å². The lowest BCUT2D eigenvalue weighted by Gasteiger charge is -2.40. The zero-order valence-corrected chi connectivity index (χ0v) is 12.1.